The molecule has 2 aliphatic rings. The number of β-lactam (4-membered cyclic amide) rings is 1. The minimum Gasteiger partial charge on any atom is -0.504 e. The molecule has 1 aromatic heterocycles. The third kappa shape index (κ3) is 6.37. The van der Waals surface area contributed by atoms with E-state index in [-0.39, 0.29) is 44.4 Å². The highest BCUT2D eigenvalue weighted by molar-refractivity contribution is 9.10. The van der Waals surface area contributed by atoms with Crippen LogP contribution in [0.1, 0.15) is 29.9 Å². The fourth-order valence-corrected chi connectivity index (χ4v) is 6.24. The van der Waals surface area contributed by atoms with Crippen LogP contribution in [-0.2, 0) is 24.0 Å². The summed E-state index contributed by atoms with van der Waals surface area (Å²) in [6.07, 6.45) is 0. The number of aliphatic carboxylic acids is 2. The number of nitrogens with zero attached hydrogens (tertiary/aromatic N) is 3. The third-order valence-electron chi connectivity index (χ3n) is 6.17. The summed E-state index contributed by atoms with van der Waals surface area (Å²) in [4.78, 5) is 72.6. The van der Waals surface area contributed by atoms with Gasteiger partial charge in [0.25, 0.3) is 17.7 Å². The number of carbonyl (C=O) groups excluding carboxylic acids is 3. The van der Waals surface area contributed by atoms with E-state index in [2.05, 4.69) is 36.7 Å². The van der Waals surface area contributed by atoms with Crippen LogP contribution in [0.2, 0.25) is 0 Å². The number of thioether (sulfide) groups is 1. The lowest BCUT2D eigenvalue weighted by Crippen LogP contribution is -2.71. The molecule has 3 amide bonds. The number of aromatic nitrogens is 1. The molecule has 1 saturated heterocycles. The van der Waals surface area contributed by atoms with Crippen molar-refractivity contribution in [3.63, 3.8) is 0 Å². The molecule has 0 spiro atoms. The van der Waals surface area contributed by atoms with E-state index in [4.69, 9.17) is 10.6 Å². The van der Waals surface area contributed by atoms with E-state index in [0.717, 1.165) is 40.1 Å². The van der Waals surface area contributed by atoms with Crippen molar-refractivity contribution in [2.45, 2.75) is 30.9 Å². The van der Waals surface area contributed by atoms with Crippen molar-refractivity contribution >= 4 is 79.5 Å². The number of halogens is 1. The predicted octanol–water partition coefficient (Wildman–Crippen LogP) is 0.651. The number of phenolic OH excluding ortho intramolecular Hbond substituents is 2. The predicted molar refractivity (Wildman–Crippen MR) is 155 cm³/mol. The molecule has 228 valence electrons. The number of nitrogens with two attached hydrogens (primary N) is 1. The van der Waals surface area contributed by atoms with Crippen molar-refractivity contribution < 1.29 is 49.2 Å². The molecule has 3 heterocycles. The highest BCUT2D eigenvalue weighted by Crippen LogP contribution is 2.40. The Morgan fingerprint density at radius 2 is 1.91 bits per heavy atom. The summed E-state index contributed by atoms with van der Waals surface area (Å²) in [5, 5.41) is 47.9. The zero-order valence-electron chi connectivity index (χ0n) is 22.2. The standard InChI is InChI=1S/C24H23BrN6O10S2/c1-24(2,22(39)40)41-30-14(11-7-43-23(26)28-11)18(35)29-15-19(36)31-16(21(37)38)8(6-42-20(15)31)5-27-17(34)9-3-12(32)13(33)4-10(9)25/h3-4,7,15,20,32-33H,5-6H2,1-2H3,(H2,26,28)(H,27,34)(H,29,35)(H,37,38)(H,39,40)/b30-14-/t15-,20-/m1/s1. The Labute approximate surface area is 258 Å². The van der Waals surface area contributed by atoms with Crippen molar-refractivity contribution in [2.75, 3.05) is 18.0 Å². The number of nitrogen functional groups attached to an aromatic ring is 1. The fraction of sp³-hybridized carbons (Fsp3) is 0.292. The van der Waals surface area contributed by atoms with Crippen LogP contribution in [0.15, 0.2) is 38.4 Å². The van der Waals surface area contributed by atoms with E-state index in [9.17, 15) is 44.4 Å². The van der Waals surface area contributed by atoms with Crippen LogP contribution in [0, 0.1) is 0 Å². The van der Waals surface area contributed by atoms with Gasteiger partial charge in [-0.15, -0.1) is 23.1 Å². The first kappa shape index (κ1) is 31.6. The monoisotopic (exact) mass is 698 g/mol. The Kier molecular flexibility index (Phi) is 8.88. The Morgan fingerprint density at radius 1 is 1.23 bits per heavy atom. The minimum atomic E-state index is -1.80. The molecule has 0 saturated carbocycles. The van der Waals surface area contributed by atoms with Gasteiger partial charge >= 0.3 is 11.9 Å². The number of hydrogen-bond acceptors (Lipinski definition) is 13. The van der Waals surface area contributed by atoms with E-state index in [1.54, 1.807) is 0 Å². The molecule has 8 N–H and O–H groups in total. The second kappa shape index (κ2) is 12.1. The van der Waals surface area contributed by atoms with E-state index < -0.39 is 63.9 Å². The molecule has 1 fully saturated rings. The minimum absolute atomic E-state index is 0.0213. The molecular weight excluding hydrogens is 676 g/mol. The number of nitrogens with one attached hydrogen (secondary N) is 2. The average Bonchev–Trinajstić information content (AvgIpc) is 3.37. The summed E-state index contributed by atoms with van der Waals surface area (Å²) in [5.41, 5.74) is 3.21. The van der Waals surface area contributed by atoms with Crippen LogP contribution < -0.4 is 16.4 Å². The molecule has 0 radical (unpaired) electrons. The number of phenols is 2. The summed E-state index contributed by atoms with van der Waals surface area (Å²) in [6, 6.07) is 0.983. The molecule has 1 aromatic carbocycles. The molecule has 16 nitrogen and oxygen atoms in total. The average molecular weight is 700 g/mol. The summed E-state index contributed by atoms with van der Waals surface area (Å²) >= 11 is 5.24. The number of oxime groups is 1. The molecule has 0 bridgehead atoms. The molecule has 0 aliphatic carbocycles. The van der Waals surface area contributed by atoms with Gasteiger partial charge in [0.05, 0.1) is 5.56 Å². The zero-order valence-corrected chi connectivity index (χ0v) is 25.4. The quantitative estimate of drug-likeness (QED) is 0.0780. The number of hydrogen-bond donors (Lipinski definition) is 7. The van der Waals surface area contributed by atoms with E-state index in [0.29, 0.717) is 0 Å². The van der Waals surface area contributed by atoms with Gasteiger partial charge in [-0.2, -0.15) is 0 Å². The van der Waals surface area contributed by atoms with E-state index >= 15 is 0 Å². The Balaban J connectivity index is 1.51. The first-order valence-electron chi connectivity index (χ1n) is 12.0. The third-order valence-corrected chi connectivity index (χ3v) is 8.84. The maximum absolute atomic E-state index is 13.2. The van der Waals surface area contributed by atoms with Crippen molar-refractivity contribution in [2.24, 2.45) is 5.16 Å². The lowest BCUT2D eigenvalue weighted by Gasteiger charge is -2.49. The Hall–Kier alpha value is -4.36. The second-order valence-electron chi connectivity index (χ2n) is 9.54. The second-order valence-corrected chi connectivity index (χ2v) is 12.4. The van der Waals surface area contributed by atoms with Gasteiger partial charge in [0.15, 0.2) is 22.3 Å². The molecule has 43 heavy (non-hydrogen) atoms. The highest BCUT2D eigenvalue weighted by atomic mass is 79.9. The first-order chi connectivity index (χ1) is 20.1. The number of anilines is 1. The van der Waals surface area contributed by atoms with Crippen LogP contribution in [0.4, 0.5) is 5.13 Å². The van der Waals surface area contributed by atoms with Crippen LogP contribution in [0.5, 0.6) is 11.5 Å². The number of carboxylic acid groups (broad SMARTS) is 2. The van der Waals surface area contributed by atoms with Gasteiger partial charge in [-0.3, -0.25) is 19.3 Å². The number of thiazole rings is 1. The van der Waals surface area contributed by atoms with Crippen LogP contribution in [0.3, 0.4) is 0 Å². The summed E-state index contributed by atoms with van der Waals surface area (Å²) in [6.45, 7) is 2.17. The molecular formula is C24H23BrN6O10S2. The molecule has 2 aliphatic heterocycles. The number of fused-ring (bicyclic) bond motifs is 1. The van der Waals surface area contributed by atoms with Crippen molar-refractivity contribution in [1.29, 1.82) is 0 Å². The lowest BCUT2D eigenvalue weighted by atomic mass is 10.0. The maximum Gasteiger partial charge on any atom is 0.352 e. The summed E-state index contributed by atoms with van der Waals surface area (Å²) in [7, 11) is 0. The van der Waals surface area contributed by atoms with Gasteiger partial charge in [-0.1, -0.05) is 5.16 Å². The normalized spacial score (nSPS) is 18.4. The van der Waals surface area contributed by atoms with Gasteiger partial charge in [-0.05, 0) is 47.5 Å². The summed E-state index contributed by atoms with van der Waals surface area (Å²) in [5.74, 6) is -6.06. The molecule has 2 atom stereocenters. The Morgan fingerprint density at radius 3 is 2.51 bits per heavy atom. The number of carbonyl (C=O) groups is 5. The SMILES string of the molecule is CC(C)(O/N=C(\C(=O)N[C@@H]1C(=O)N2C(C(=O)O)=C(CNC(=O)c3cc(O)c(O)cc3Br)CS[C@H]12)c1csc(N)n1)C(=O)O. The molecule has 0 unspecified atom stereocenters. The van der Waals surface area contributed by atoms with Crippen LogP contribution in [0.25, 0.3) is 0 Å². The van der Waals surface area contributed by atoms with E-state index in [1.165, 1.54) is 19.2 Å². The maximum atomic E-state index is 13.2. The number of amides is 3. The van der Waals surface area contributed by atoms with Gasteiger partial charge in [-0.25, -0.2) is 14.6 Å². The van der Waals surface area contributed by atoms with E-state index in [1.807, 2.05) is 0 Å². The number of benzene rings is 1. The lowest BCUT2D eigenvalue weighted by molar-refractivity contribution is -0.161. The Bertz CT molecular complexity index is 1610. The summed E-state index contributed by atoms with van der Waals surface area (Å²) < 4.78 is 0.183. The van der Waals surface area contributed by atoms with Crippen molar-refractivity contribution in [3.05, 3.63) is 44.5 Å². The largest absolute Gasteiger partial charge is 0.504 e. The van der Waals surface area contributed by atoms with Crippen LogP contribution in [-0.4, -0.2) is 95.0 Å². The zero-order chi connectivity index (χ0) is 31.8. The van der Waals surface area contributed by atoms with Gasteiger partial charge in [0, 0.05) is 22.2 Å². The van der Waals surface area contributed by atoms with Crippen molar-refractivity contribution in [1.82, 2.24) is 20.5 Å². The highest BCUT2D eigenvalue weighted by Gasteiger charge is 2.54. The number of aromatic hydroxyl groups is 2. The molecule has 2 aromatic rings. The van der Waals surface area contributed by atoms with Gasteiger partial charge in [0.2, 0.25) is 5.60 Å². The number of rotatable bonds is 10. The van der Waals surface area contributed by atoms with Gasteiger partial charge in [0.1, 0.15) is 22.8 Å². The topological polar surface area (TPSA) is 254 Å². The van der Waals surface area contributed by atoms with Crippen molar-refractivity contribution in [3.8, 4) is 11.5 Å². The smallest absolute Gasteiger partial charge is 0.352 e. The van der Waals surface area contributed by atoms with Gasteiger partial charge < -0.3 is 41.6 Å². The number of carboxylic acids is 2. The molecule has 4 rings (SSSR count). The first-order valence-corrected chi connectivity index (χ1v) is 14.8. The molecule has 19 heteroatoms. The van der Waals surface area contributed by atoms with Crippen LogP contribution >= 0.6 is 39.0 Å². The fourth-order valence-electron chi connectivity index (χ4n) is 3.84.